The van der Waals surface area contributed by atoms with E-state index >= 15 is 0 Å². The molecule has 1 unspecified atom stereocenters. The molecule has 0 aromatic heterocycles. The number of nitrogens with two attached hydrogens (primary N) is 1. The summed E-state index contributed by atoms with van der Waals surface area (Å²) in [5.74, 6) is 2.17. The molecule has 1 saturated heterocycles. The van der Waals surface area contributed by atoms with Crippen molar-refractivity contribution in [1.29, 1.82) is 0 Å². The summed E-state index contributed by atoms with van der Waals surface area (Å²) in [4.78, 5) is 2.56. The molecule has 1 fully saturated rings. The predicted octanol–water partition coefficient (Wildman–Crippen LogP) is 3.07. The third-order valence-electron chi connectivity index (χ3n) is 4.82. The van der Waals surface area contributed by atoms with Crippen LogP contribution in [-0.2, 0) is 0 Å². The molecule has 0 spiro atoms. The van der Waals surface area contributed by atoms with Gasteiger partial charge in [0.2, 0.25) is 0 Å². The highest BCUT2D eigenvalue weighted by Crippen LogP contribution is 2.27. The van der Waals surface area contributed by atoms with E-state index in [9.17, 15) is 0 Å². The summed E-state index contributed by atoms with van der Waals surface area (Å²) in [7, 11) is 0. The monoisotopic (exact) mass is 290 g/mol. The lowest BCUT2D eigenvalue weighted by Gasteiger charge is -2.37. The second kappa shape index (κ2) is 7.81. The predicted molar refractivity (Wildman–Crippen MR) is 88.7 cm³/mol. The third kappa shape index (κ3) is 4.45. The molecule has 1 aromatic rings. The largest absolute Gasteiger partial charge is 0.493 e. The van der Waals surface area contributed by atoms with Crippen molar-refractivity contribution in [3.63, 3.8) is 0 Å². The van der Waals surface area contributed by atoms with Gasteiger partial charge < -0.3 is 15.4 Å². The maximum Gasteiger partial charge on any atom is 0.122 e. The molecule has 1 aliphatic rings. The van der Waals surface area contributed by atoms with Crippen LogP contribution < -0.4 is 10.5 Å². The van der Waals surface area contributed by atoms with Gasteiger partial charge in [-0.2, -0.15) is 0 Å². The van der Waals surface area contributed by atoms with Crippen molar-refractivity contribution in [2.24, 2.45) is 17.6 Å². The first-order chi connectivity index (χ1) is 10.1. The van der Waals surface area contributed by atoms with Crippen LogP contribution in [0.1, 0.15) is 32.3 Å². The maximum absolute atomic E-state index is 6.02. The van der Waals surface area contributed by atoms with Gasteiger partial charge in [0, 0.05) is 12.0 Å². The molecule has 0 radical (unpaired) electrons. The standard InChI is InChI=1S/C18H30N2O/c1-14(2)20-10-8-16(9-11-20)17(12-19)13-21-18-7-5-4-6-15(18)3/h4-7,14,16-17H,8-13,19H2,1-3H3. The zero-order valence-corrected chi connectivity index (χ0v) is 13.7. The van der Waals surface area contributed by atoms with E-state index < -0.39 is 0 Å². The first-order valence-electron chi connectivity index (χ1n) is 8.24. The highest BCUT2D eigenvalue weighted by molar-refractivity contribution is 5.31. The number of piperidine rings is 1. The smallest absolute Gasteiger partial charge is 0.122 e. The van der Waals surface area contributed by atoms with Gasteiger partial charge in [-0.3, -0.25) is 0 Å². The Morgan fingerprint density at radius 1 is 1.24 bits per heavy atom. The van der Waals surface area contributed by atoms with E-state index in [0.29, 0.717) is 17.9 Å². The van der Waals surface area contributed by atoms with Gasteiger partial charge in [0.1, 0.15) is 5.75 Å². The Hall–Kier alpha value is -1.06. The van der Waals surface area contributed by atoms with Gasteiger partial charge >= 0.3 is 0 Å². The number of aryl methyl sites for hydroxylation is 1. The lowest BCUT2D eigenvalue weighted by Crippen LogP contribution is -2.42. The van der Waals surface area contributed by atoms with E-state index in [1.165, 1.54) is 31.5 Å². The average Bonchev–Trinajstić information content (AvgIpc) is 2.50. The van der Waals surface area contributed by atoms with Crippen LogP contribution in [0.2, 0.25) is 0 Å². The topological polar surface area (TPSA) is 38.5 Å². The van der Waals surface area contributed by atoms with E-state index in [1.807, 2.05) is 18.2 Å². The molecule has 0 bridgehead atoms. The third-order valence-corrected chi connectivity index (χ3v) is 4.82. The summed E-state index contributed by atoms with van der Waals surface area (Å²) >= 11 is 0. The average molecular weight is 290 g/mol. The number of benzene rings is 1. The maximum atomic E-state index is 6.02. The molecule has 0 aliphatic carbocycles. The molecule has 2 rings (SSSR count). The van der Waals surface area contributed by atoms with Crippen LogP contribution >= 0.6 is 0 Å². The van der Waals surface area contributed by atoms with Gasteiger partial charge in [-0.25, -0.2) is 0 Å². The van der Waals surface area contributed by atoms with Gasteiger partial charge in [0.05, 0.1) is 6.61 Å². The fraction of sp³-hybridized carbons (Fsp3) is 0.667. The second-order valence-corrected chi connectivity index (χ2v) is 6.54. The fourth-order valence-electron chi connectivity index (χ4n) is 3.22. The quantitative estimate of drug-likeness (QED) is 0.875. The molecule has 118 valence electrons. The minimum atomic E-state index is 0.471. The van der Waals surface area contributed by atoms with E-state index in [4.69, 9.17) is 10.5 Å². The number of hydrogen-bond donors (Lipinski definition) is 1. The second-order valence-electron chi connectivity index (χ2n) is 6.54. The Kier molecular flexibility index (Phi) is 6.07. The summed E-state index contributed by atoms with van der Waals surface area (Å²) < 4.78 is 6.02. The highest BCUT2D eigenvalue weighted by Gasteiger charge is 2.27. The van der Waals surface area contributed by atoms with Crippen molar-refractivity contribution in [2.45, 2.75) is 39.7 Å². The van der Waals surface area contributed by atoms with Crippen molar-refractivity contribution in [1.82, 2.24) is 4.90 Å². The van der Waals surface area contributed by atoms with Crippen molar-refractivity contribution in [3.05, 3.63) is 29.8 Å². The van der Waals surface area contributed by atoms with Crippen LogP contribution in [0.25, 0.3) is 0 Å². The molecule has 0 saturated carbocycles. The molecular weight excluding hydrogens is 260 g/mol. The minimum Gasteiger partial charge on any atom is -0.493 e. The summed E-state index contributed by atoms with van der Waals surface area (Å²) in [6, 6.07) is 8.87. The Balaban J connectivity index is 1.85. The van der Waals surface area contributed by atoms with Crippen LogP contribution in [0.4, 0.5) is 0 Å². The molecule has 1 atom stereocenters. The highest BCUT2D eigenvalue weighted by atomic mass is 16.5. The number of likely N-dealkylation sites (tertiary alicyclic amines) is 1. The lowest BCUT2D eigenvalue weighted by molar-refractivity contribution is 0.100. The number of ether oxygens (including phenoxy) is 1. The Bertz CT molecular complexity index is 425. The van der Waals surface area contributed by atoms with E-state index in [2.05, 4.69) is 31.7 Å². The fourth-order valence-corrected chi connectivity index (χ4v) is 3.22. The van der Waals surface area contributed by atoms with Crippen molar-refractivity contribution in [3.8, 4) is 5.75 Å². The molecule has 1 aliphatic heterocycles. The van der Waals surface area contributed by atoms with E-state index in [-0.39, 0.29) is 0 Å². The molecule has 1 heterocycles. The molecular formula is C18H30N2O. The molecule has 3 heteroatoms. The van der Waals surface area contributed by atoms with Gasteiger partial charge in [0.25, 0.3) is 0 Å². The normalized spacial score (nSPS) is 18.9. The van der Waals surface area contributed by atoms with Crippen LogP contribution in [0.15, 0.2) is 24.3 Å². The SMILES string of the molecule is Cc1ccccc1OCC(CN)C1CCN(C(C)C)CC1. The zero-order chi connectivity index (χ0) is 15.2. The van der Waals surface area contributed by atoms with Crippen LogP contribution in [0.3, 0.4) is 0 Å². The number of hydrogen-bond acceptors (Lipinski definition) is 3. The molecule has 3 nitrogen and oxygen atoms in total. The van der Waals surface area contributed by atoms with Gasteiger partial charge in [-0.05, 0) is 70.8 Å². The summed E-state index contributed by atoms with van der Waals surface area (Å²) in [6.07, 6.45) is 2.49. The molecule has 0 amide bonds. The van der Waals surface area contributed by atoms with Crippen molar-refractivity contribution < 1.29 is 4.74 Å². The van der Waals surface area contributed by atoms with E-state index in [1.54, 1.807) is 0 Å². The van der Waals surface area contributed by atoms with Gasteiger partial charge in [-0.1, -0.05) is 18.2 Å². The summed E-state index contributed by atoms with van der Waals surface area (Å²) in [5.41, 5.74) is 7.20. The Labute approximate surface area is 129 Å². The van der Waals surface area contributed by atoms with Gasteiger partial charge in [-0.15, -0.1) is 0 Å². The van der Waals surface area contributed by atoms with Gasteiger partial charge in [0.15, 0.2) is 0 Å². The molecule has 2 N–H and O–H groups in total. The van der Waals surface area contributed by atoms with Crippen LogP contribution in [0, 0.1) is 18.8 Å². The Morgan fingerprint density at radius 3 is 2.48 bits per heavy atom. The molecule has 21 heavy (non-hydrogen) atoms. The van der Waals surface area contributed by atoms with Crippen molar-refractivity contribution >= 4 is 0 Å². The lowest BCUT2D eigenvalue weighted by atomic mass is 9.84. The first-order valence-corrected chi connectivity index (χ1v) is 8.24. The van der Waals surface area contributed by atoms with Crippen LogP contribution in [0.5, 0.6) is 5.75 Å². The number of nitrogens with zero attached hydrogens (tertiary/aromatic N) is 1. The van der Waals surface area contributed by atoms with Crippen LogP contribution in [-0.4, -0.2) is 37.2 Å². The van der Waals surface area contributed by atoms with E-state index in [0.717, 1.165) is 18.9 Å². The summed E-state index contributed by atoms with van der Waals surface area (Å²) in [5, 5.41) is 0. The minimum absolute atomic E-state index is 0.471. The van der Waals surface area contributed by atoms with Crippen molar-refractivity contribution in [2.75, 3.05) is 26.2 Å². The zero-order valence-electron chi connectivity index (χ0n) is 13.7. The number of para-hydroxylation sites is 1. The Morgan fingerprint density at radius 2 is 1.90 bits per heavy atom. The summed E-state index contributed by atoms with van der Waals surface area (Å²) in [6.45, 7) is 10.5. The first kappa shape index (κ1) is 16.3. The number of rotatable bonds is 6. The molecule has 1 aromatic carbocycles.